The Labute approximate surface area is 215 Å². The van der Waals surface area contributed by atoms with Crippen LogP contribution in [0.15, 0.2) is 72.8 Å². The fourth-order valence-corrected chi connectivity index (χ4v) is 4.87. The third-order valence-corrected chi connectivity index (χ3v) is 6.76. The molecule has 5 rings (SSSR count). The zero-order valence-corrected chi connectivity index (χ0v) is 20.8. The lowest BCUT2D eigenvalue weighted by Gasteiger charge is -2.26. The van der Waals surface area contributed by atoms with Crippen molar-refractivity contribution in [3.05, 3.63) is 100 Å². The summed E-state index contributed by atoms with van der Waals surface area (Å²) in [5.41, 5.74) is 4.29. The van der Waals surface area contributed by atoms with E-state index in [0.717, 1.165) is 41.7 Å². The maximum Gasteiger partial charge on any atom is 0.273 e. The molecule has 2 heterocycles. The van der Waals surface area contributed by atoms with Crippen molar-refractivity contribution >= 4 is 17.5 Å². The van der Waals surface area contributed by atoms with Gasteiger partial charge in [0.15, 0.2) is 0 Å². The third-order valence-electron chi connectivity index (χ3n) is 6.52. The molecule has 0 aliphatic carbocycles. The minimum Gasteiger partial charge on any atom is -0.507 e. The lowest BCUT2D eigenvalue weighted by atomic mass is 9.95. The maximum atomic E-state index is 13.4. The van der Waals surface area contributed by atoms with Gasteiger partial charge in [-0.05, 0) is 47.9 Å². The number of hydrogen-bond acceptors (Lipinski definition) is 4. The number of ether oxygens (including phenoxy) is 1. The van der Waals surface area contributed by atoms with E-state index in [-0.39, 0.29) is 17.7 Å². The molecule has 0 spiro atoms. The Morgan fingerprint density at radius 1 is 1.06 bits per heavy atom. The van der Waals surface area contributed by atoms with Gasteiger partial charge in [0.1, 0.15) is 29.5 Å². The highest BCUT2D eigenvalue weighted by Gasteiger charge is 2.42. The van der Waals surface area contributed by atoms with Crippen molar-refractivity contribution in [3.8, 4) is 22.8 Å². The van der Waals surface area contributed by atoms with E-state index in [1.807, 2.05) is 59.5 Å². The first-order chi connectivity index (χ1) is 17.6. The van der Waals surface area contributed by atoms with Gasteiger partial charge in [0, 0.05) is 22.7 Å². The van der Waals surface area contributed by atoms with Gasteiger partial charge in [0.05, 0.1) is 6.04 Å². The predicted molar refractivity (Wildman–Crippen MR) is 140 cm³/mol. The van der Waals surface area contributed by atoms with Crippen LogP contribution in [0.25, 0.3) is 11.3 Å². The average molecular weight is 502 g/mol. The molecular formula is C29H28ClN3O3. The molecule has 184 valence electrons. The van der Waals surface area contributed by atoms with Crippen LogP contribution < -0.4 is 4.74 Å². The highest BCUT2D eigenvalue weighted by Crippen LogP contribution is 2.45. The molecule has 3 aromatic carbocycles. The van der Waals surface area contributed by atoms with Crippen molar-refractivity contribution in [2.45, 2.75) is 38.8 Å². The molecule has 1 aromatic heterocycles. The van der Waals surface area contributed by atoms with E-state index < -0.39 is 0 Å². The van der Waals surface area contributed by atoms with E-state index >= 15 is 0 Å². The summed E-state index contributed by atoms with van der Waals surface area (Å²) in [6.45, 7) is 3.26. The van der Waals surface area contributed by atoms with E-state index in [9.17, 15) is 9.90 Å². The van der Waals surface area contributed by atoms with Gasteiger partial charge >= 0.3 is 0 Å². The first kappa shape index (κ1) is 23.9. The molecule has 2 N–H and O–H groups in total. The molecule has 7 heteroatoms. The van der Waals surface area contributed by atoms with Crippen molar-refractivity contribution in [1.82, 2.24) is 15.1 Å². The summed E-state index contributed by atoms with van der Waals surface area (Å²) in [7, 11) is 0. The number of rotatable bonds is 9. The molecule has 0 saturated carbocycles. The number of aromatic amines is 1. The molecule has 0 saturated heterocycles. The van der Waals surface area contributed by atoms with Gasteiger partial charge in [-0.2, -0.15) is 5.10 Å². The third kappa shape index (κ3) is 4.69. The smallest absolute Gasteiger partial charge is 0.273 e. The van der Waals surface area contributed by atoms with Crippen molar-refractivity contribution in [3.63, 3.8) is 0 Å². The molecule has 1 aliphatic rings. The molecule has 0 bridgehead atoms. The van der Waals surface area contributed by atoms with Gasteiger partial charge in [-0.25, -0.2) is 0 Å². The zero-order valence-electron chi connectivity index (χ0n) is 20.1. The highest BCUT2D eigenvalue weighted by molar-refractivity contribution is 6.31. The van der Waals surface area contributed by atoms with Gasteiger partial charge in [-0.3, -0.25) is 9.89 Å². The number of unbranched alkanes of at least 4 members (excludes halogenated alkanes) is 2. The van der Waals surface area contributed by atoms with Gasteiger partial charge in [-0.15, -0.1) is 0 Å². The van der Waals surface area contributed by atoms with E-state index in [1.165, 1.54) is 0 Å². The number of carbonyl (C=O) groups excluding carboxylic acids is 1. The number of amides is 1. The molecule has 0 radical (unpaired) electrons. The summed E-state index contributed by atoms with van der Waals surface area (Å²) < 4.78 is 5.97. The highest BCUT2D eigenvalue weighted by atomic mass is 35.5. The van der Waals surface area contributed by atoms with Crippen molar-refractivity contribution < 1.29 is 14.6 Å². The number of carbonyl (C=O) groups is 1. The van der Waals surface area contributed by atoms with Gasteiger partial charge < -0.3 is 14.7 Å². The van der Waals surface area contributed by atoms with Crippen molar-refractivity contribution in [1.29, 1.82) is 0 Å². The number of nitrogens with one attached hydrogen (secondary N) is 1. The van der Waals surface area contributed by atoms with E-state index in [2.05, 4.69) is 17.1 Å². The molecule has 1 aliphatic heterocycles. The first-order valence-corrected chi connectivity index (χ1v) is 12.6. The summed E-state index contributed by atoms with van der Waals surface area (Å²) in [6.07, 6.45) is 3.01. The Hall–Kier alpha value is -3.77. The number of aromatic nitrogens is 2. The lowest BCUT2D eigenvalue weighted by molar-refractivity contribution is 0.0740. The number of phenols is 1. The predicted octanol–water partition coefficient (Wildman–Crippen LogP) is 6.75. The van der Waals surface area contributed by atoms with Crippen LogP contribution in [0.3, 0.4) is 0 Å². The summed E-state index contributed by atoms with van der Waals surface area (Å²) in [6, 6.07) is 22.4. The molecule has 36 heavy (non-hydrogen) atoms. The molecule has 4 aromatic rings. The number of hydrogen-bond donors (Lipinski definition) is 2. The normalized spacial score (nSPS) is 14.8. The van der Waals surface area contributed by atoms with E-state index in [1.54, 1.807) is 18.2 Å². The second-order valence-corrected chi connectivity index (χ2v) is 9.41. The van der Waals surface area contributed by atoms with Gasteiger partial charge in [0.2, 0.25) is 0 Å². The topological polar surface area (TPSA) is 78.5 Å². The standard InChI is InChI=1S/C29H28ClN3O3/c1-2-3-7-16-33-28(20-10-13-22(14-11-20)36-18-19-8-5-4-6-9-19)25-26(31-32-27(25)29(33)35)23-17-21(30)12-15-24(23)34/h4-6,8-15,17,28,34H,2-3,7,16,18H2,1H3,(H,31,32). The van der Waals surface area contributed by atoms with Gasteiger partial charge in [-0.1, -0.05) is 73.8 Å². The van der Waals surface area contributed by atoms with E-state index in [4.69, 9.17) is 16.3 Å². The lowest BCUT2D eigenvalue weighted by Crippen LogP contribution is -2.30. The quantitative estimate of drug-likeness (QED) is 0.249. The molecule has 1 unspecified atom stereocenters. The number of phenolic OH excluding ortho intramolecular Hbond substituents is 1. The minimum atomic E-state index is -0.334. The fraction of sp³-hybridized carbons (Fsp3) is 0.241. The number of nitrogens with zero attached hydrogens (tertiary/aromatic N) is 2. The monoisotopic (exact) mass is 501 g/mol. The molecule has 1 atom stereocenters. The summed E-state index contributed by atoms with van der Waals surface area (Å²) in [4.78, 5) is 15.3. The SMILES string of the molecule is CCCCCN1C(=O)c2[nH]nc(-c3cc(Cl)ccc3O)c2C1c1ccc(OCc2ccccc2)cc1. The summed E-state index contributed by atoms with van der Waals surface area (Å²) in [5.74, 6) is 0.731. The summed E-state index contributed by atoms with van der Waals surface area (Å²) in [5, 5.41) is 18.4. The van der Waals surface area contributed by atoms with Crippen LogP contribution in [0.2, 0.25) is 5.02 Å². The van der Waals surface area contributed by atoms with Crippen molar-refractivity contribution in [2.24, 2.45) is 0 Å². The summed E-state index contributed by atoms with van der Waals surface area (Å²) >= 11 is 6.23. The largest absolute Gasteiger partial charge is 0.507 e. The van der Waals surface area contributed by atoms with Crippen LogP contribution in [0.4, 0.5) is 0 Å². The van der Waals surface area contributed by atoms with Crippen LogP contribution in [-0.4, -0.2) is 32.7 Å². The number of H-pyrrole nitrogens is 1. The Morgan fingerprint density at radius 2 is 1.83 bits per heavy atom. The maximum absolute atomic E-state index is 13.4. The Bertz CT molecular complexity index is 1350. The first-order valence-electron chi connectivity index (χ1n) is 12.2. The minimum absolute atomic E-state index is 0.0639. The Morgan fingerprint density at radius 3 is 2.58 bits per heavy atom. The van der Waals surface area contributed by atoms with E-state index in [0.29, 0.717) is 35.1 Å². The molecule has 6 nitrogen and oxygen atoms in total. The zero-order chi connectivity index (χ0) is 25.1. The van der Waals surface area contributed by atoms with Crippen LogP contribution in [0, 0.1) is 0 Å². The van der Waals surface area contributed by atoms with Crippen molar-refractivity contribution in [2.75, 3.05) is 6.54 Å². The Balaban J connectivity index is 1.49. The number of halogens is 1. The Kier molecular flexibility index (Phi) is 6.96. The van der Waals surface area contributed by atoms with Crippen LogP contribution in [0.1, 0.15) is 59.4 Å². The van der Waals surface area contributed by atoms with Gasteiger partial charge in [0.25, 0.3) is 5.91 Å². The second-order valence-electron chi connectivity index (χ2n) is 8.97. The molecular weight excluding hydrogens is 474 g/mol. The number of fused-ring (bicyclic) bond motifs is 1. The molecule has 1 amide bonds. The number of benzene rings is 3. The second kappa shape index (κ2) is 10.5. The fourth-order valence-electron chi connectivity index (χ4n) is 4.70. The van der Waals surface area contributed by atoms with Crippen LogP contribution >= 0.6 is 11.6 Å². The average Bonchev–Trinajstić information content (AvgIpc) is 3.44. The number of aromatic hydroxyl groups is 1. The van der Waals surface area contributed by atoms with Crippen LogP contribution in [0.5, 0.6) is 11.5 Å². The van der Waals surface area contributed by atoms with Crippen LogP contribution in [-0.2, 0) is 6.61 Å². The molecule has 0 fully saturated rings.